The Bertz CT molecular complexity index is 995. The number of aromatic nitrogens is 2. The molecule has 0 aliphatic carbocycles. The van der Waals surface area contributed by atoms with Gasteiger partial charge in [-0.1, -0.05) is 6.07 Å². The van der Waals surface area contributed by atoms with E-state index in [-0.39, 0.29) is 10.8 Å². The number of carbonyl (C=O) groups is 1. The molecule has 3 heterocycles. The lowest BCUT2D eigenvalue weighted by molar-refractivity contribution is -0.116. The number of halogens is 1. The van der Waals surface area contributed by atoms with E-state index in [2.05, 4.69) is 26.3 Å². The van der Waals surface area contributed by atoms with Crippen LogP contribution in [0, 0.1) is 0 Å². The number of carbonyl (C=O) groups excluding carboxylic acids is 1. The molecule has 0 bridgehead atoms. The fourth-order valence-electron chi connectivity index (χ4n) is 2.18. The van der Waals surface area contributed by atoms with Gasteiger partial charge >= 0.3 is 0 Å². The molecule has 0 aliphatic rings. The highest BCUT2D eigenvalue weighted by Gasteiger charge is 2.24. The number of sulfonamides is 1. The molecule has 138 valence electrons. The van der Waals surface area contributed by atoms with Crippen molar-refractivity contribution < 1.29 is 13.2 Å². The lowest BCUT2D eigenvalue weighted by Crippen LogP contribution is -2.35. The van der Waals surface area contributed by atoms with Gasteiger partial charge in [0.25, 0.3) is 10.0 Å². The van der Waals surface area contributed by atoms with Gasteiger partial charge in [0.05, 0.1) is 19.3 Å². The molecule has 1 amide bonds. The maximum absolute atomic E-state index is 12.4. The highest BCUT2D eigenvalue weighted by Crippen LogP contribution is 2.22. The average molecular weight is 475 g/mol. The SMILES string of the molecule is CN(CC(=O)Nc1ccnn1Cc1cc(Br)cs1)S(=O)(=O)c1cccs1. The Kier molecular flexibility index (Phi) is 5.92. The topological polar surface area (TPSA) is 84.3 Å². The Morgan fingerprint density at radius 1 is 1.38 bits per heavy atom. The molecular formula is C15H15BrN4O3S3. The van der Waals surface area contributed by atoms with Gasteiger partial charge in [-0.3, -0.25) is 4.79 Å². The molecule has 0 aromatic carbocycles. The van der Waals surface area contributed by atoms with Gasteiger partial charge in [0.1, 0.15) is 10.0 Å². The van der Waals surface area contributed by atoms with E-state index in [4.69, 9.17) is 0 Å². The molecule has 0 saturated heterocycles. The lowest BCUT2D eigenvalue weighted by Gasteiger charge is -2.16. The van der Waals surface area contributed by atoms with Crippen LogP contribution in [0.2, 0.25) is 0 Å². The molecular weight excluding hydrogens is 460 g/mol. The summed E-state index contributed by atoms with van der Waals surface area (Å²) in [6.07, 6.45) is 1.59. The summed E-state index contributed by atoms with van der Waals surface area (Å²) in [6, 6.07) is 6.84. The van der Waals surface area contributed by atoms with Gasteiger partial charge in [0.15, 0.2) is 0 Å². The standard InChI is InChI=1S/C15H15BrN4O3S3/c1-19(26(22,23)15-3-2-6-24-15)9-14(21)18-13-4-5-17-20(13)8-12-7-11(16)10-25-12/h2-7,10H,8-9H2,1H3,(H,18,21). The monoisotopic (exact) mass is 474 g/mol. The molecule has 0 radical (unpaired) electrons. The molecule has 26 heavy (non-hydrogen) atoms. The number of nitrogens with zero attached hydrogens (tertiary/aromatic N) is 3. The maximum atomic E-state index is 12.4. The zero-order chi connectivity index (χ0) is 18.7. The molecule has 11 heteroatoms. The largest absolute Gasteiger partial charge is 0.310 e. The summed E-state index contributed by atoms with van der Waals surface area (Å²) in [5, 5.41) is 10.6. The van der Waals surface area contributed by atoms with Crippen LogP contribution in [0.1, 0.15) is 4.88 Å². The summed E-state index contributed by atoms with van der Waals surface area (Å²) in [4.78, 5) is 13.4. The van der Waals surface area contributed by atoms with Crippen molar-refractivity contribution in [3.05, 3.63) is 50.6 Å². The van der Waals surface area contributed by atoms with Gasteiger partial charge in [0, 0.05) is 27.8 Å². The molecule has 0 aliphatic heterocycles. The molecule has 3 aromatic rings. The van der Waals surface area contributed by atoms with Gasteiger partial charge in [-0.25, -0.2) is 13.1 Å². The van der Waals surface area contributed by atoms with Crippen molar-refractivity contribution in [3.63, 3.8) is 0 Å². The first-order valence-corrected chi connectivity index (χ1v) is 11.4. The highest BCUT2D eigenvalue weighted by atomic mass is 79.9. The summed E-state index contributed by atoms with van der Waals surface area (Å²) in [6.45, 7) is 0.234. The first kappa shape index (κ1) is 19.2. The minimum Gasteiger partial charge on any atom is -0.310 e. The van der Waals surface area contributed by atoms with Gasteiger partial charge in [-0.2, -0.15) is 9.40 Å². The number of likely N-dealkylation sites (N-methyl/N-ethyl adjacent to an activating group) is 1. The van der Waals surface area contributed by atoms with E-state index in [9.17, 15) is 13.2 Å². The third-order valence-electron chi connectivity index (χ3n) is 3.44. The number of rotatable bonds is 7. The maximum Gasteiger partial charge on any atom is 0.252 e. The predicted octanol–water partition coefficient (Wildman–Crippen LogP) is 3.08. The lowest BCUT2D eigenvalue weighted by atomic mass is 10.4. The van der Waals surface area contributed by atoms with Gasteiger partial charge in [-0.15, -0.1) is 22.7 Å². The molecule has 0 spiro atoms. The normalized spacial score (nSPS) is 11.8. The minimum absolute atomic E-state index is 0.209. The second-order valence-electron chi connectivity index (χ2n) is 5.35. The summed E-state index contributed by atoms with van der Waals surface area (Å²) < 4.78 is 28.6. The number of nitrogens with one attached hydrogen (secondary N) is 1. The zero-order valence-electron chi connectivity index (χ0n) is 13.6. The van der Waals surface area contributed by atoms with Crippen molar-refractivity contribution in [1.29, 1.82) is 0 Å². The summed E-state index contributed by atoms with van der Waals surface area (Å²) in [5.41, 5.74) is 0. The van der Waals surface area contributed by atoms with Crippen LogP contribution in [0.4, 0.5) is 5.82 Å². The van der Waals surface area contributed by atoms with Gasteiger partial charge in [-0.05, 0) is 33.4 Å². The van der Waals surface area contributed by atoms with Crippen molar-refractivity contribution in [1.82, 2.24) is 14.1 Å². The number of hydrogen-bond donors (Lipinski definition) is 1. The average Bonchev–Trinajstić information content (AvgIpc) is 3.31. The molecule has 1 N–H and O–H groups in total. The molecule has 3 rings (SSSR count). The third-order valence-corrected chi connectivity index (χ3v) is 8.30. The van der Waals surface area contributed by atoms with Crippen LogP contribution in [0.25, 0.3) is 0 Å². The number of thiophene rings is 2. The zero-order valence-corrected chi connectivity index (χ0v) is 17.7. The Hall–Kier alpha value is -1.53. The molecule has 0 atom stereocenters. The molecule has 0 unspecified atom stereocenters. The van der Waals surface area contributed by atoms with Crippen LogP contribution in [0.5, 0.6) is 0 Å². The van der Waals surface area contributed by atoms with Crippen molar-refractivity contribution in [3.8, 4) is 0 Å². The van der Waals surface area contributed by atoms with Gasteiger partial charge < -0.3 is 5.32 Å². The van der Waals surface area contributed by atoms with Gasteiger partial charge in [0.2, 0.25) is 5.91 Å². The third kappa shape index (κ3) is 4.41. The Morgan fingerprint density at radius 2 is 2.19 bits per heavy atom. The molecule has 0 fully saturated rings. The van der Waals surface area contributed by atoms with Crippen molar-refractivity contribution in [2.45, 2.75) is 10.8 Å². The Balaban J connectivity index is 1.65. The number of hydrogen-bond acceptors (Lipinski definition) is 6. The predicted molar refractivity (Wildman–Crippen MR) is 106 cm³/mol. The van der Waals surface area contributed by atoms with Crippen molar-refractivity contribution in [2.75, 3.05) is 18.9 Å². The molecule has 3 aromatic heterocycles. The van der Waals surface area contributed by atoms with E-state index in [1.54, 1.807) is 39.7 Å². The second-order valence-corrected chi connectivity index (χ2v) is 10.5. The fourth-order valence-corrected chi connectivity index (χ4v) is 5.94. The quantitative estimate of drug-likeness (QED) is 0.569. The summed E-state index contributed by atoms with van der Waals surface area (Å²) >= 11 is 6.11. The van der Waals surface area contributed by atoms with E-state index >= 15 is 0 Å². The van der Waals surface area contributed by atoms with Crippen LogP contribution in [-0.2, 0) is 21.4 Å². The van der Waals surface area contributed by atoms with Crippen molar-refractivity contribution in [2.24, 2.45) is 0 Å². The first-order chi connectivity index (χ1) is 12.4. The first-order valence-electron chi connectivity index (χ1n) is 7.40. The Labute approximate surface area is 167 Å². The van der Waals surface area contributed by atoms with E-state index in [1.165, 1.54) is 13.1 Å². The Morgan fingerprint density at radius 3 is 2.85 bits per heavy atom. The van der Waals surface area contributed by atoms with Crippen LogP contribution in [0.15, 0.2) is 49.9 Å². The summed E-state index contributed by atoms with van der Waals surface area (Å²) in [5.74, 6) is 0.0863. The van der Waals surface area contributed by atoms with E-state index in [0.29, 0.717) is 12.4 Å². The molecule has 7 nitrogen and oxygen atoms in total. The van der Waals surface area contributed by atoms with E-state index < -0.39 is 15.9 Å². The van der Waals surface area contributed by atoms with Crippen molar-refractivity contribution >= 4 is 60.4 Å². The smallest absolute Gasteiger partial charge is 0.252 e. The minimum atomic E-state index is -3.66. The van der Waals surface area contributed by atoms with Crippen LogP contribution >= 0.6 is 38.6 Å². The van der Waals surface area contributed by atoms with Crippen LogP contribution < -0.4 is 5.32 Å². The van der Waals surface area contributed by atoms with E-state index in [0.717, 1.165) is 25.0 Å². The second kappa shape index (κ2) is 8.01. The highest BCUT2D eigenvalue weighted by molar-refractivity contribution is 9.10. The van der Waals surface area contributed by atoms with Crippen LogP contribution in [0.3, 0.4) is 0 Å². The fraction of sp³-hybridized carbons (Fsp3) is 0.200. The molecule has 0 saturated carbocycles. The summed E-state index contributed by atoms with van der Waals surface area (Å²) in [7, 11) is -2.28. The van der Waals surface area contributed by atoms with Crippen LogP contribution in [-0.4, -0.2) is 42.0 Å². The van der Waals surface area contributed by atoms with E-state index in [1.807, 2.05) is 11.4 Å². The number of amides is 1. The number of anilines is 1.